The Balaban J connectivity index is 2.82. The molecule has 0 fully saturated rings. The van der Waals surface area contributed by atoms with E-state index in [0.29, 0.717) is 18.2 Å². The Bertz CT molecular complexity index is 488. The summed E-state index contributed by atoms with van der Waals surface area (Å²) >= 11 is 0. The summed E-state index contributed by atoms with van der Waals surface area (Å²) in [5.74, 6) is -2.27. The number of Topliss-reactive ketones (excluding diaryl/α,β-unsaturated/α-hetero) is 1. The van der Waals surface area contributed by atoms with E-state index >= 15 is 0 Å². The molecule has 8 heteroatoms. The average molecular weight is 302 g/mol. The molecule has 0 aliphatic carbocycles. The largest absolute Gasteiger partial charge is 0.416 e. The van der Waals surface area contributed by atoms with Gasteiger partial charge < -0.3 is 0 Å². The predicted molar refractivity (Wildman–Crippen MR) is 55.6 cm³/mol. The second-order valence-corrected chi connectivity index (χ2v) is 4.08. The van der Waals surface area contributed by atoms with Crippen molar-refractivity contribution in [3.8, 4) is 0 Å². The molecule has 0 unspecified atom stereocenters. The third-order valence-corrected chi connectivity index (χ3v) is 2.46. The third-order valence-electron chi connectivity index (χ3n) is 2.46. The van der Waals surface area contributed by atoms with Crippen LogP contribution in [0, 0.1) is 5.82 Å². The number of halogens is 7. The van der Waals surface area contributed by atoms with E-state index in [1.54, 1.807) is 0 Å². The van der Waals surface area contributed by atoms with E-state index in [4.69, 9.17) is 0 Å². The van der Waals surface area contributed by atoms with E-state index < -0.39 is 54.3 Å². The predicted octanol–water partition coefficient (Wildman–Crippen LogP) is 4.76. The summed E-state index contributed by atoms with van der Waals surface area (Å²) in [6, 6.07) is 1.24. The first-order chi connectivity index (χ1) is 9.00. The summed E-state index contributed by atoms with van der Waals surface area (Å²) in [5.41, 5.74) is -2.07. The molecule has 0 aliphatic heterocycles. The second-order valence-electron chi connectivity index (χ2n) is 4.08. The number of hydrogen-bond donors (Lipinski definition) is 0. The van der Waals surface area contributed by atoms with Crippen LogP contribution in [0.15, 0.2) is 18.2 Å². The van der Waals surface area contributed by atoms with Gasteiger partial charge in [-0.25, -0.2) is 4.39 Å². The molecule has 1 rings (SSSR count). The Morgan fingerprint density at radius 1 is 1.05 bits per heavy atom. The maximum Gasteiger partial charge on any atom is 0.416 e. The zero-order valence-corrected chi connectivity index (χ0v) is 9.91. The van der Waals surface area contributed by atoms with Crippen LogP contribution < -0.4 is 0 Å². The Labute approximate surface area is 109 Å². The van der Waals surface area contributed by atoms with Crippen LogP contribution in [0.4, 0.5) is 30.7 Å². The Hall–Kier alpha value is -1.60. The van der Waals surface area contributed by atoms with Gasteiger partial charge in [0.2, 0.25) is 0 Å². The van der Waals surface area contributed by atoms with Gasteiger partial charge in [0.15, 0.2) is 5.78 Å². The summed E-state index contributed by atoms with van der Waals surface area (Å²) in [4.78, 5) is 11.5. The molecule has 0 spiro atoms. The summed E-state index contributed by atoms with van der Waals surface area (Å²) in [6.45, 7) is 0. The number of benzene rings is 1. The smallest absolute Gasteiger partial charge is 0.294 e. The summed E-state index contributed by atoms with van der Waals surface area (Å²) in [6.07, 6.45) is -11.7. The second kappa shape index (κ2) is 5.80. The minimum absolute atomic E-state index is 0.311. The fraction of sp³-hybridized carbons (Fsp3) is 0.417. The van der Waals surface area contributed by atoms with E-state index in [9.17, 15) is 35.5 Å². The topological polar surface area (TPSA) is 17.1 Å². The summed E-state index contributed by atoms with van der Waals surface area (Å²) in [5, 5.41) is 0. The van der Waals surface area contributed by atoms with Gasteiger partial charge in [-0.1, -0.05) is 0 Å². The van der Waals surface area contributed by atoms with Crippen molar-refractivity contribution in [1.29, 1.82) is 0 Å². The summed E-state index contributed by atoms with van der Waals surface area (Å²) < 4.78 is 86.0. The lowest BCUT2D eigenvalue weighted by atomic mass is 10.0. The maximum atomic E-state index is 13.3. The van der Waals surface area contributed by atoms with Crippen LogP contribution in [-0.2, 0) is 6.18 Å². The monoisotopic (exact) mass is 302 g/mol. The fourth-order valence-corrected chi connectivity index (χ4v) is 1.50. The Morgan fingerprint density at radius 3 is 2.15 bits per heavy atom. The lowest BCUT2D eigenvalue weighted by molar-refractivity contribution is -0.137. The molecule has 20 heavy (non-hydrogen) atoms. The molecule has 1 aromatic rings. The molecule has 1 aromatic carbocycles. The van der Waals surface area contributed by atoms with Crippen LogP contribution in [-0.4, -0.2) is 12.0 Å². The van der Waals surface area contributed by atoms with Crippen molar-refractivity contribution in [2.45, 2.75) is 31.6 Å². The van der Waals surface area contributed by atoms with Crippen LogP contribution in [0.5, 0.6) is 0 Å². The quantitative estimate of drug-likeness (QED) is 0.579. The third kappa shape index (κ3) is 4.82. The molecule has 0 saturated heterocycles. The fourth-order valence-electron chi connectivity index (χ4n) is 1.50. The molecule has 0 bridgehead atoms. The van der Waals surface area contributed by atoms with Gasteiger partial charge in [0, 0.05) is 12.8 Å². The van der Waals surface area contributed by atoms with Gasteiger partial charge in [0.1, 0.15) is 5.82 Å². The lowest BCUT2D eigenvalue weighted by Gasteiger charge is -2.09. The van der Waals surface area contributed by atoms with Crippen molar-refractivity contribution < 1.29 is 35.5 Å². The van der Waals surface area contributed by atoms with E-state index in [-0.39, 0.29) is 0 Å². The number of carbonyl (C=O) groups is 1. The number of rotatable bonds is 4. The van der Waals surface area contributed by atoms with Gasteiger partial charge in [-0.05, 0) is 24.6 Å². The van der Waals surface area contributed by atoms with Crippen LogP contribution in [0.1, 0.15) is 35.2 Å². The molecule has 0 aliphatic rings. The zero-order valence-electron chi connectivity index (χ0n) is 9.91. The molecule has 112 valence electrons. The first-order valence-corrected chi connectivity index (χ1v) is 5.47. The highest BCUT2D eigenvalue weighted by molar-refractivity contribution is 5.96. The number of carbonyl (C=O) groups excluding carboxylic acids is 1. The first kappa shape index (κ1) is 16.5. The molecular formula is C12H9F7O. The van der Waals surface area contributed by atoms with Crippen molar-refractivity contribution in [3.63, 3.8) is 0 Å². The van der Waals surface area contributed by atoms with Crippen molar-refractivity contribution in [3.05, 3.63) is 35.1 Å². The highest BCUT2D eigenvalue weighted by Crippen LogP contribution is 2.31. The van der Waals surface area contributed by atoms with Gasteiger partial charge in [0.25, 0.3) is 0 Å². The highest BCUT2D eigenvalue weighted by atomic mass is 19.4. The lowest BCUT2D eigenvalue weighted by Crippen LogP contribution is -2.11. The number of hydrogen-bond acceptors (Lipinski definition) is 1. The SMILES string of the molecule is O=C(CCCC(F)(F)F)c1cc(C(F)(F)F)ccc1F. The first-order valence-electron chi connectivity index (χ1n) is 5.47. The molecule has 0 amide bonds. The van der Waals surface area contributed by atoms with Crippen LogP contribution >= 0.6 is 0 Å². The highest BCUT2D eigenvalue weighted by Gasteiger charge is 2.32. The Kier molecular flexibility index (Phi) is 4.77. The molecule has 1 nitrogen and oxygen atoms in total. The van der Waals surface area contributed by atoms with E-state index in [0.717, 1.165) is 0 Å². The van der Waals surface area contributed by atoms with Crippen LogP contribution in [0.25, 0.3) is 0 Å². The average Bonchev–Trinajstić information content (AvgIpc) is 2.25. The Morgan fingerprint density at radius 2 is 1.65 bits per heavy atom. The van der Waals surface area contributed by atoms with E-state index in [2.05, 4.69) is 0 Å². The van der Waals surface area contributed by atoms with E-state index in [1.807, 2.05) is 0 Å². The molecule has 0 heterocycles. The number of ketones is 1. The van der Waals surface area contributed by atoms with Crippen molar-refractivity contribution >= 4 is 5.78 Å². The zero-order chi connectivity index (χ0) is 15.6. The minimum atomic E-state index is -4.76. The van der Waals surface area contributed by atoms with Crippen molar-refractivity contribution in [1.82, 2.24) is 0 Å². The van der Waals surface area contributed by atoms with Crippen molar-refractivity contribution in [2.24, 2.45) is 0 Å². The van der Waals surface area contributed by atoms with Gasteiger partial charge >= 0.3 is 12.4 Å². The minimum Gasteiger partial charge on any atom is -0.294 e. The molecule has 0 aromatic heterocycles. The maximum absolute atomic E-state index is 13.3. The number of alkyl halides is 6. The van der Waals surface area contributed by atoms with Gasteiger partial charge in [0.05, 0.1) is 11.1 Å². The molecular weight excluding hydrogens is 293 g/mol. The van der Waals surface area contributed by atoms with Crippen molar-refractivity contribution in [2.75, 3.05) is 0 Å². The van der Waals surface area contributed by atoms with Crippen LogP contribution in [0.3, 0.4) is 0 Å². The normalized spacial score (nSPS) is 12.6. The standard InChI is InChI=1S/C12H9F7O/c13-9-4-3-7(12(17,18)19)6-8(9)10(20)2-1-5-11(14,15)16/h3-4,6H,1-2,5H2. The molecule has 0 N–H and O–H groups in total. The van der Waals surface area contributed by atoms with Gasteiger partial charge in [-0.2, -0.15) is 26.3 Å². The van der Waals surface area contributed by atoms with Crippen LogP contribution in [0.2, 0.25) is 0 Å². The molecule has 0 atom stereocenters. The molecule has 0 radical (unpaired) electrons. The summed E-state index contributed by atoms with van der Waals surface area (Å²) in [7, 11) is 0. The molecule has 0 saturated carbocycles. The van der Waals surface area contributed by atoms with Gasteiger partial charge in [-0.3, -0.25) is 4.79 Å². The van der Waals surface area contributed by atoms with E-state index in [1.165, 1.54) is 0 Å². The van der Waals surface area contributed by atoms with Gasteiger partial charge in [-0.15, -0.1) is 0 Å².